The molecular formula is C18H30N2. The zero-order valence-electron chi connectivity index (χ0n) is 13.4. The van der Waals surface area contributed by atoms with Gasteiger partial charge in [0.25, 0.3) is 0 Å². The summed E-state index contributed by atoms with van der Waals surface area (Å²) in [6.07, 6.45) is 5.26. The molecule has 0 radical (unpaired) electrons. The van der Waals surface area contributed by atoms with Crippen molar-refractivity contribution >= 4 is 5.69 Å². The zero-order valence-corrected chi connectivity index (χ0v) is 13.4. The van der Waals surface area contributed by atoms with Crippen molar-refractivity contribution in [2.24, 2.45) is 5.92 Å². The van der Waals surface area contributed by atoms with Gasteiger partial charge in [-0.1, -0.05) is 32.0 Å². The Bertz CT molecular complexity index is 394. The van der Waals surface area contributed by atoms with Gasteiger partial charge in [0.05, 0.1) is 0 Å². The van der Waals surface area contributed by atoms with E-state index in [4.69, 9.17) is 0 Å². The predicted molar refractivity (Wildman–Crippen MR) is 88.1 cm³/mol. The molecule has 0 aromatic heterocycles. The van der Waals surface area contributed by atoms with E-state index in [0.717, 1.165) is 12.5 Å². The van der Waals surface area contributed by atoms with E-state index >= 15 is 0 Å². The van der Waals surface area contributed by atoms with Crippen LogP contribution in [0.4, 0.5) is 5.69 Å². The number of hydrogen-bond donors (Lipinski definition) is 1. The number of anilines is 1. The number of hydrogen-bond acceptors (Lipinski definition) is 2. The fourth-order valence-corrected chi connectivity index (χ4v) is 2.90. The Morgan fingerprint density at radius 3 is 2.45 bits per heavy atom. The monoisotopic (exact) mass is 274 g/mol. The van der Waals surface area contributed by atoms with Gasteiger partial charge in [0.15, 0.2) is 0 Å². The largest absolute Gasteiger partial charge is 0.382 e. The Labute approximate surface area is 124 Å². The lowest BCUT2D eigenvalue weighted by atomic mass is 10.0. The van der Waals surface area contributed by atoms with Gasteiger partial charge in [0.1, 0.15) is 0 Å². The van der Waals surface area contributed by atoms with Gasteiger partial charge in [-0.25, -0.2) is 0 Å². The van der Waals surface area contributed by atoms with Crippen LogP contribution in [0, 0.1) is 5.92 Å². The summed E-state index contributed by atoms with van der Waals surface area (Å²) in [5.74, 6) is 0.791. The first-order valence-corrected chi connectivity index (χ1v) is 8.22. The number of likely N-dealkylation sites (tertiary alicyclic amines) is 1. The van der Waals surface area contributed by atoms with Gasteiger partial charge >= 0.3 is 0 Å². The molecule has 2 rings (SSSR count). The van der Waals surface area contributed by atoms with Crippen LogP contribution in [0.2, 0.25) is 0 Å². The van der Waals surface area contributed by atoms with Crippen LogP contribution < -0.4 is 5.32 Å². The number of rotatable bonds is 7. The van der Waals surface area contributed by atoms with Crippen LogP contribution in [-0.4, -0.2) is 24.0 Å². The summed E-state index contributed by atoms with van der Waals surface area (Å²) < 4.78 is 0. The Balaban J connectivity index is 1.92. The molecule has 1 aromatic carbocycles. The Morgan fingerprint density at radius 2 is 1.75 bits per heavy atom. The summed E-state index contributed by atoms with van der Waals surface area (Å²) in [4.78, 5) is 2.57. The average molecular weight is 274 g/mol. The van der Waals surface area contributed by atoms with Gasteiger partial charge < -0.3 is 5.32 Å². The maximum atomic E-state index is 3.71. The summed E-state index contributed by atoms with van der Waals surface area (Å²) >= 11 is 0. The molecule has 1 atom stereocenters. The highest BCUT2D eigenvalue weighted by molar-refractivity contribution is 5.51. The first-order chi connectivity index (χ1) is 9.65. The molecule has 2 heteroatoms. The van der Waals surface area contributed by atoms with Gasteiger partial charge in [-0.05, 0) is 63.2 Å². The molecular weight excluding hydrogens is 244 g/mol. The first-order valence-electron chi connectivity index (χ1n) is 8.22. The topological polar surface area (TPSA) is 15.3 Å². The lowest BCUT2D eigenvalue weighted by Gasteiger charge is -2.21. The van der Waals surface area contributed by atoms with Crippen molar-refractivity contribution < 1.29 is 0 Å². The minimum absolute atomic E-state index is 0.553. The second-order valence-electron chi connectivity index (χ2n) is 6.66. The van der Waals surface area contributed by atoms with Crippen molar-refractivity contribution in [2.45, 2.75) is 59.0 Å². The van der Waals surface area contributed by atoms with Crippen LogP contribution in [0.25, 0.3) is 0 Å². The highest BCUT2D eigenvalue weighted by Crippen LogP contribution is 2.21. The van der Waals surface area contributed by atoms with Crippen molar-refractivity contribution in [3.8, 4) is 0 Å². The van der Waals surface area contributed by atoms with Crippen LogP contribution >= 0.6 is 0 Å². The number of nitrogens with zero attached hydrogens (tertiary/aromatic N) is 1. The third kappa shape index (κ3) is 4.82. The van der Waals surface area contributed by atoms with Crippen molar-refractivity contribution in [3.63, 3.8) is 0 Å². The van der Waals surface area contributed by atoms with Gasteiger partial charge in [-0.3, -0.25) is 4.90 Å². The van der Waals surface area contributed by atoms with Crippen molar-refractivity contribution in [1.82, 2.24) is 4.90 Å². The highest BCUT2D eigenvalue weighted by Gasteiger charge is 2.14. The molecule has 1 aliphatic heterocycles. The fraction of sp³-hybridized carbons (Fsp3) is 0.667. The van der Waals surface area contributed by atoms with Crippen molar-refractivity contribution in [1.29, 1.82) is 0 Å². The van der Waals surface area contributed by atoms with Crippen LogP contribution in [0.3, 0.4) is 0 Å². The molecule has 1 unspecified atom stereocenters. The fourth-order valence-electron chi connectivity index (χ4n) is 2.90. The van der Waals surface area contributed by atoms with E-state index in [9.17, 15) is 0 Å². The Kier molecular flexibility index (Phi) is 5.90. The smallest absolute Gasteiger partial charge is 0.0387 e. The van der Waals surface area contributed by atoms with Gasteiger partial charge in [0, 0.05) is 18.3 Å². The molecule has 1 aromatic rings. The summed E-state index contributed by atoms with van der Waals surface area (Å²) in [6.45, 7) is 10.5. The molecule has 0 saturated carbocycles. The van der Waals surface area contributed by atoms with Crippen molar-refractivity contribution in [3.05, 3.63) is 29.8 Å². The lowest BCUT2D eigenvalue weighted by molar-refractivity contribution is 0.332. The van der Waals surface area contributed by atoms with Crippen molar-refractivity contribution in [2.75, 3.05) is 18.4 Å². The molecule has 1 N–H and O–H groups in total. The SMILES string of the molecule is CC(C)CCC(C)Nc1ccccc1CN1CCCC1. The quantitative estimate of drug-likeness (QED) is 0.786. The van der Waals surface area contributed by atoms with Gasteiger partial charge in [0.2, 0.25) is 0 Å². The second-order valence-corrected chi connectivity index (χ2v) is 6.66. The van der Waals surface area contributed by atoms with Gasteiger partial charge in [-0.15, -0.1) is 0 Å². The van der Waals surface area contributed by atoms with E-state index in [0.29, 0.717) is 6.04 Å². The third-order valence-electron chi connectivity index (χ3n) is 4.19. The summed E-state index contributed by atoms with van der Waals surface area (Å²) in [5, 5.41) is 3.71. The lowest BCUT2D eigenvalue weighted by Crippen LogP contribution is -2.21. The predicted octanol–water partition coefficient (Wildman–Crippen LogP) is 4.52. The van der Waals surface area contributed by atoms with E-state index in [1.807, 2.05) is 0 Å². The van der Waals surface area contributed by atoms with Crippen LogP contribution in [0.15, 0.2) is 24.3 Å². The maximum Gasteiger partial charge on any atom is 0.0387 e. The molecule has 0 spiro atoms. The molecule has 0 aliphatic carbocycles. The summed E-state index contributed by atoms with van der Waals surface area (Å²) in [6, 6.07) is 9.37. The number of benzene rings is 1. The molecule has 1 fully saturated rings. The molecule has 112 valence electrons. The minimum Gasteiger partial charge on any atom is -0.382 e. The van der Waals surface area contributed by atoms with E-state index < -0.39 is 0 Å². The Hall–Kier alpha value is -1.02. The summed E-state index contributed by atoms with van der Waals surface area (Å²) in [7, 11) is 0. The zero-order chi connectivity index (χ0) is 14.4. The molecule has 0 amide bonds. The van der Waals surface area contributed by atoms with E-state index in [-0.39, 0.29) is 0 Å². The molecule has 0 bridgehead atoms. The van der Waals surface area contributed by atoms with Crippen LogP contribution in [0.1, 0.15) is 52.0 Å². The average Bonchev–Trinajstić information content (AvgIpc) is 2.92. The molecule has 1 saturated heterocycles. The van der Waals surface area contributed by atoms with E-state index in [2.05, 4.69) is 55.3 Å². The van der Waals surface area contributed by atoms with Gasteiger partial charge in [-0.2, -0.15) is 0 Å². The number of para-hydroxylation sites is 1. The minimum atomic E-state index is 0.553. The normalized spacial score (nSPS) is 17.6. The maximum absolute atomic E-state index is 3.71. The molecule has 1 aliphatic rings. The highest BCUT2D eigenvalue weighted by atomic mass is 15.1. The van der Waals surface area contributed by atoms with E-state index in [1.54, 1.807) is 0 Å². The molecule has 1 heterocycles. The second kappa shape index (κ2) is 7.68. The first kappa shape index (κ1) is 15.4. The number of nitrogens with one attached hydrogen (secondary N) is 1. The van der Waals surface area contributed by atoms with Crippen LogP contribution in [0.5, 0.6) is 0 Å². The third-order valence-corrected chi connectivity index (χ3v) is 4.19. The standard InChI is InChI=1S/C18H30N2/c1-15(2)10-11-16(3)19-18-9-5-4-8-17(18)14-20-12-6-7-13-20/h4-5,8-9,15-16,19H,6-7,10-14H2,1-3H3. The van der Waals surface area contributed by atoms with Crippen LogP contribution in [-0.2, 0) is 6.54 Å². The molecule has 20 heavy (non-hydrogen) atoms. The molecule has 2 nitrogen and oxygen atoms in total. The van der Waals surface area contributed by atoms with E-state index in [1.165, 1.54) is 50.0 Å². The Morgan fingerprint density at radius 1 is 1.05 bits per heavy atom. The summed E-state index contributed by atoms with van der Waals surface area (Å²) in [5.41, 5.74) is 2.78.